The summed E-state index contributed by atoms with van der Waals surface area (Å²) in [6.45, 7) is 4.09. The average Bonchev–Trinajstić information content (AvgIpc) is 2.78. The van der Waals surface area contributed by atoms with Gasteiger partial charge in [0.15, 0.2) is 5.78 Å². The van der Waals surface area contributed by atoms with E-state index in [1.165, 1.54) is 6.20 Å². The summed E-state index contributed by atoms with van der Waals surface area (Å²) in [6.07, 6.45) is 3.65. The second-order valence-electron chi connectivity index (χ2n) is 4.35. The molecule has 5 heteroatoms. The van der Waals surface area contributed by atoms with Gasteiger partial charge in [0.2, 0.25) is 0 Å². The number of aromatic nitrogens is 3. The van der Waals surface area contributed by atoms with Crippen LogP contribution in [0.2, 0.25) is 5.15 Å². The van der Waals surface area contributed by atoms with Gasteiger partial charge in [-0.05, 0) is 32.0 Å². The van der Waals surface area contributed by atoms with E-state index in [2.05, 4.69) is 10.1 Å². The molecule has 0 atom stereocenters. The van der Waals surface area contributed by atoms with Gasteiger partial charge in [-0.25, -0.2) is 4.98 Å². The third kappa shape index (κ3) is 2.96. The van der Waals surface area contributed by atoms with Crippen LogP contribution in [0.15, 0.2) is 30.6 Å². The highest BCUT2D eigenvalue weighted by molar-refractivity contribution is 6.29. The Morgan fingerprint density at radius 2 is 2.17 bits per heavy atom. The molecule has 0 radical (unpaired) electrons. The van der Waals surface area contributed by atoms with Crippen LogP contribution in [0, 0.1) is 0 Å². The molecule has 0 saturated carbocycles. The van der Waals surface area contributed by atoms with Gasteiger partial charge in [-0.15, -0.1) is 0 Å². The van der Waals surface area contributed by atoms with Crippen molar-refractivity contribution in [3.05, 3.63) is 47.0 Å². The van der Waals surface area contributed by atoms with E-state index in [9.17, 15) is 4.79 Å². The number of carbonyl (C=O) groups is 1. The summed E-state index contributed by atoms with van der Waals surface area (Å²) in [5.41, 5.74) is 1.32. The Hall–Kier alpha value is -1.68. The highest BCUT2D eigenvalue weighted by atomic mass is 35.5. The van der Waals surface area contributed by atoms with Gasteiger partial charge in [-0.2, -0.15) is 5.10 Å². The summed E-state index contributed by atoms with van der Waals surface area (Å²) >= 11 is 5.68. The minimum Gasteiger partial charge on any atom is -0.294 e. The van der Waals surface area contributed by atoms with Crippen LogP contribution >= 0.6 is 11.6 Å². The number of rotatable bonds is 4. The van der Waals surface area contributed by atoms with Gasteiger partial charge in [0, 0.05) is 24.0 Å². The van der Waals surface area contributed by atoms with Crippen LogP contribution in [-0.2, 0) is 6.42 Å². The Morgan fingerprint density at radius 3 is 2.72 bits per heavy atom. The van der Waals surface area contributed by atoms with E-state index < -0.39 is 0 Å². The summed E-state index contributed by atoms with van der Waals surface area (Å²) in [7, 11) is 0. The monoisotopic (exact) mass is 263 g/mol. The molecule has 0 amide bonds. The quantitative estimate of drug-likeness (QED) is 0.629. The summed E-state index contributed by atoms with van der Waals surface area (Å²) in [5.74, 6) is -0.00632. The Labute approximate surface area is 111 Å². The fraction of sp³-hybridized carbons (Fsp3) is 0.308. The summed E-state index contributed by atoms with van der Waals surface area (Å²) in [5, 5.41) is 4.73. The summed E-state index contributed by atoms with van der Waals surface area (Å²) in [6, 6.07) is 5.45. The van der Waals surface area contributed by atoms with Crippen LogP contribution in [0.1, 0.15) is 35.9 Å². The van der Waals surface area contributed by atoms with E-state index in [4.69, 9.17) is 11.6 Å². The molecule has 0 saturated heterocycles. The largest absolute Gasteiger partial charge is 0.294 e. The summed E-state index contributed by atoms with van der Waals surface area (Å²) in [4.78, 5) is 15.9. The van der Waals surface area contributed by atoms with Crippen molar-refractivity contribution in [2.75, 3.05) is 0 Å². The molecule has 2 rings (SSSR count). The van der Waals surface area contributed by atoms with Crippen LogP contribution in [-0.4, -0.2) is 20.5 Å². The van der Waals surface area contributed by atoms with Crippen LogP contribution in [0.25, 0.3) is 0 Å². The Bertz CT molecular complexity index is 546. The lowest BCUT2D eigenvalue weighted by atomic mass is 10.1. The SMILES string of the molecule is CC(C)n1ccc(CC(=O)c2ccc(Cl)nc2)n1. The van der Waals surface area contributed by atoms with Crippen molar-refractivity contribution in [3.8, 4) is 0 Å². The zero-order chi connectivity index (χ0) is 13.1. The fourth-order valence-electron chi connectivity index (χ4n) is 1.57. The summed E-state index contributed by atoms with van der Waals surface area (Å²) < 4.78 is 1.84. The minimum atomic E-state index is -0.00632. The molecule has 0 spiro atoms. The van der Waals surface area contributed by atoms with Crippen molar-refractivity contribution in [3.63, 3.8) is 0 Å². The molecule has 0 fully saturated rings. The van der Waals surface area contributed by atoms with Gasteiger partial charge in [-0.1, -0.05) is 11.6 Å². The Kier molecular flexibility index (Phi) is 3.77. The molecule has 2 aromatic rings. The molecule has 18 heavy (non-hydrogen) atoms. The molecule has 0 bridgehead atoms. The number of halogens is 1. The third-order valence-electron chi connectivity index (χ3n) is 2.58. The number of Topliss-reactive ketones (excluding diaryl/α,β-unsaturated/α-hetero) is 1. The normalized spacial score (nSPS) is 10.9. The molecule has 94 valence electrons. The van der Waals surface area contributed by atoms with Crippen LogP contribution in [0.5, 0.6) is 0 Å². The lowest BCUT2D eigenvalue weighted by Crippen LogP contribution is -2.06. The molecule has 4 nitrogen and oxygen atoms in total. The first-order valence-corrected chi connectivity index (χ1v) is 6.13. The van der Waals surface area contributed by atoms with Crippen molar-refractivity contribution < 1.29 is 4.79 Å². The minimum absolute atomic E-state index is 0.00632. The van der Waals surface area contributed by atoms with Gasteiger partial charge in [0.05, 0.1) is 12.1 Å². The second kappa shape index (κ2) is 5.31. The average molecular weight is 264 g/mol. The first kappa shape index (κ1) is 12.8. The molecule has 2 heterocycles. The fourth-order valence-corrected chi connectivity index (χ4v) is 1.68. The lowest BCUT2D eigenvalue weighted by molar-refractivity contribution is 0.0991. The van der Waals surface area contributed by atoms with Gasteiger partial charge >= 0.3 is 0 Å². The van der Waals surface area contributed by atoms with Gasteiger partial charge in [-0.3, -0.25) is 9.48 Å². The highest BCUT2D eigenvalue weighted by Crippen LogP contribution is 2.10. The molecule has 0 aliphatic heterocycles. The molecule has 0 aliphatic carbocycles. The Morgan fingerprint density at radius 1 is 1.39 bits per heavy atom. The van der Waals surface area contributed by atoms with Crippen molar-refractivity contribution in [2.24, 2.45) is 0 Å². The van der Waals surface area contributed by atoms with Crippen LogP contribution in [0.3, 0.4) is 0 Å². The molecular formula is C13H14ClN3O. The van der Waals surface area contributed by atoms with E-state index in [1.54, 1.807) is 12.1 Å². The maximum Gasteiger partial charge on any atom is 0.170 e. The Balaban J connectivity index is 2.08. The molecule has 0 aliphatic rings. The maximum atomic E-state index is 12.0. The van der Waals surface area contributed by atoms with E-state index in [0.29, 0.717) is 16.8 Å². The maximum absolute atomic E-state index is 12.0. The molecule has 2 aromatic heterocycles. The standard InChI is InChI=1S/C13H14ClN3O/c1-9(2)17-6-5-11(16-17)7-12(18)10-3-4-13(14)15-8-10/h3-6,8-9H,7H2,1-2H3. The molecule has 0 N–H and O–H groups in total. The number of carbonyl (C=O) groups excluding carboxylic acids is 1. The van der Waals surface area contributed by atoms with E-state index >= 15 is 0 Å². The van der Waals surface area contributed by atoms with Gasteiger partial charge < -0.3 is 0 Å². The lowest BCUT2D eigenvalue weighted by Gasteiger charge is -2.03. The topological polar surface area (TPSA) is 47.8 Å². The smallest absolute Gasteiger partial charge is 0.170 e. The molecule has 0 aromatic carbocycles. The first-order valence-electron chi connectivity index (χ1n) is 5.75. The third-order valence-corrected chi connectivity index (χ3v) is 2.81. The predicted octanol–water partition coefficient (Wildman–Crippen LogP) is 2.94. The van der Waals surface area contributed by atoms with Crippen molar-refractivity contribution in [2.45, 2.75) is 26.3 Å². The number of hydrogen-bond donors (Lipinski definition) is 0. The number of hydrogen-bond acceptors (Lipinski definition) is 3. The van der Waals surface area contributed by atoms with Crippen molar-refractivity contribution in [1.29, 1.82) is 0 Å². The molecular weight excluding hydrogens is 250 g/mol. The van der Waals surface area contributed by atoms with Crippen molar-refractivity contribution >= 4 is 17.4 Å². The van der Waals surface area contributed by atoms with E-state index in [1.807, 2.05) is 30.8 Å². The first-order chi connectivity index (χ1) is 8.56. The highest BCUT2D eigenvalue weighted by Gasteiger charge is 2.10. The van der Waals surface area contributed by atoms with Crippen molar-refractivity contribution in [1.82, 2.24) is 14.8 Å². The second-order valence-corrected chi connectivity index (χ2v) is 4.74. The zero-order valence-corrected chi connectivity index (χ0v) is 11.1. The van der Waals surface area contributed by atoms with E-state index in [-0.39, 0.29) is 12.2 Å². The van der Waals surface area contributed by atoms with Crippen LogP contribution < -0.4 is 0 Å². The molecule has 0 unspecified atom stereocenters. The van der Waals surface area contributed by atoms with Gasteiger partial charge in [0.1, 0.15) is 5.15 Å². The zero-order valence-electron chi connectivity index (χ0n) is 10.3. The number of pyridine rings is 1. The van der Waals surface area contributed by atoms with Crippen LogP contribution in [0.4, 0.5) is 0 Å². The predicted molar refractivity (Wildman–Crippen MR) is 69.9 cm³/mol. The van der Waals surface area contributed by atoms with E-state index in [0.717, 1.165) is 5.69 Å². The number of ketones is 1. The number of nitrogens with zero attached hydrogens (tertiary/aromatic N) is 3. The van der Waals surface area contributed by atoms with Gasteiger partial charge in [0.25, 0.3) is 0 Å².